The topological polar surface area (TPSA) is 29.1 Å². The van der Waals surface area contributed by atoms with Gasteiger partial charge in [-0.3, -0.25) is 4.79 Å². The molecule has 0 aliphatic rings. The third kappa shape index (κ3) is 3.80. The lowest BCUT2D eigenvalue weighted by Gasteiger charge is -2.09. The number of hydrogen-bond donors (Lipinski definition) is 1. The standard InChI is InChI=1S/C14H9Cl4NO/c15-8-4-5-13(12(18)6-8)19-14(20)7-9-10(16)2-1-3-11(9)17/h1-6H,7H2,(H,19,20). The van der Waals surface area contributed by atoms with Crippen LogP contribution in [0.4, 0.5) is 5.69 Å². The Morgan fingerprint density at radius 1 is 0.950 bits per heavy atom. The fourth-order valence-electron chi connectivity index (χ4n) is 1.65. The molecule has 0 unspecified atom stereocenters. The van der Waals surface area contributed by atoms with Crippen LogP contribution < -0.4 is 5.32 Å². The molecule has 0 saturated heterocycles. The van der Waals surface area contributed by atoms with Gasteiger partial charge in [0.25, 0.3) is 0 Å². The molecule has 1 amide bonds. The van der Waals surface area contributed by atoms with E-state index in [1.54, 1.807) is 36.4 Å². The highest BCUT2D eigenvalue weighted by Crippen LogP contribution is 2.27. The lowest BCUT2D eigenvalue weighted by Crippen LogP contribution is -2.15. The summed E-state index contributed by atoms with van der Waals surface area (Å²) in [5, 5.41) is 4.47. The van der Waals surface area contributed by atoms with Crippen LogP contribution in [0.15, 0.2) is 36.4 Å². The maximum Gasteiger partial charge on any atom is 0.228 e. The van der Waals surface area contributed by atoms with Gasteiger partial charge in [-0.15, -0.1) is 0 Å². The molecule has 0 aliphatic heterocycles. The number of nitrogens with one attached hydrogen (secondary N) is 1. The first-order valence-corrected chi connectivity index (χ1v) is 7.16. The second-order valence-corrected chi connectivity index (χ2v) is 5.71. The molecule has 0 saturated carbocycles. The van der Waals surface area contributed by atoms with Crippen LogP contribution in [0.5, 0.6) is 0 Å². The van der Waals surface area contributed by atoms with Gasteiger partial charge in [0.05, 0.1) is 17.1 Å². The van der Waals surface area contributed by atoms with E-state index in [9.17, 15) is 4.79 Å². The molecule has 2 nitrogen and oxygen atoms in total. The maximum absolute atomic E-state index is 12.0. The third-order valence-corrected chi connectivity index (χ3v) is 3.86. The van der Waals surface area contributed by atoms with Gasteiger partial charge in [0.2, 0.25) is 5.91 Å². The van der Waals surface area contributed by atoms with E-state index >= 15 is 0 Å². The van der Waals surface area contributed by atoms with Crippen LogP contribution in [0.2, 0.25) is 20.1 Å². The third-order valence-electron chi connectivity index (χ3n) is 2.60. The minimum Gasteiger partial charge on any atom is -0.324 e. The first-order valence-electron chi connectivity index (χ1n) is 5.65. The number of anilines is 1. The first-order chi connectivity index (χ1) is 9.47. The zero-order valence-electron chi connectivity index (χ0n) is 10.1. The van der Waals surface area contributed by atoms with Crippen molar-refractivity contribution < 1.29 is 4.79 Å². The molecule has 1 N–H and O–H groups in total. The number of carbonyl (C=O) groups is 1. The smallest absolute Gasteiger partial charge is 0.228 e. The van der Waals surface area contributed by atoms with Crippen molar-refractivity contribution in [2.75, 3.05) is 5.32 Å². The zero-order valence-corrected chi connectivity index (χ0v) is 13.1. The van der Waals surface area contributed by atoms with Crippen molar-refractivity contribution in [3.05, 3.63) is 62.1 Å². The summed E-state index contributed by atoms with van der Waals surface area (Å²) in [4.78, 5) is 12.0. The van der Waals surface area contributed by atoms with E-state index < -0.39 is 0 Å². The highest BCUT2D eigenvalue weighted by molar-refractivity contribution is 6.37. The molecule has 0 bridgehead atoms. The summed E-state index contributed by atoms with van der Waals surface area (Å²) in [6.07, 6.45) is 0.0669. The molecule has 2 aromatic carbocycles. The average Bonchev–Trinajstić information content (AvgIpc) is 2.37. The molecule has 6 heteroatoms. The molecule has 0 aromatic heterocycles. The molecule has 104 valence electrons. The first kappa shape index (κ1) is 15.5. The maximum atomic E-state index is 12.0. The predicted molar refractivity (Wildman–Crippen MR) is 85.3 cm³/mol. The lowest BCUT2D eigenvalue weighted by atomic mass is 10.1. The second-order valence-electron chi connectivity index (χ2n) is 4.05. The van der Waals surface area contributed by atoms with Gasteiger partial charge >= 0.3 is 0 Å². The zero-order chi connectivity index (χ0) is 14.7. The van der Waals surface area contributed by atoms with Gasteiger partial charge in [0.1, 0.15) is 0 Å². The van der Waals surface area contributed by atoms with Crippen LogP contribution in [0.3, 0.4) is 0 Å². The van der Waals surface area contributed by atoms with E-state index in [0.717, 1.165) is 0 Å². The second kappa shape index (κ2) is 6.68. The fraction of sp³-hybridized carbons (Fsp3) is 0.0714. The Morgan fingerprint density at radius 3 is 2.20 bits per heavy atom. The summed E-state index contributed by atoms with van der Waals surface area (Å²) in [5.74, 6) is -0.260. The Balaban J connectivity index is 2.13. The fourth-order valence-corrected chi connectivity index (χ4v) is 2.63. The Hall–Kier alpha value is -0.930. The van der Waals surface area contributed by atoms with Crippen molar-refractivity contribution in [2.45, 2.75) is 6.42 Å². The molecule has 0 atom stereocenters. The van der Waals surface area contributed by atoms with E-state index in [-0.39, 0.29) is 12.3 Å². The number of benzene rings is 2. The van der Waals surface area contributed by atoms with Gasteiger partial charge in [-0.2, -0.15) is 0 Å². The molecule has 0 radical (unpaired) electrons. The van der Waals surface area contributed by atoms with Crippen LogP contribution in [0, 0.1) is 0 Å². The summed E-state index contributed by atoms with van der Waals surface area (Å²) in [6, 6.07) is 9.93. The van der Waals surface area contributed by atoms with Crippen molar-refractivity contribution in [1.82, 2.24) is 0 Å². The SMILES string of the molecule is O=C(Cc1c(Cl)cccc1Cl)Nc1ccc(Cl)cc1Cl. The van der Waals surface area contributed by atoms with Crippen molar-refractivity contribution >= 4 is 58.0 Å². The van der Waals surface area contributed by atoms with Crippen LogP contribution >= 0.6 is 46.4 Å². The van der Waals surface area contributed by atoms with Gasteiger partial charge < -0.3 is 5.32 Å². The normalized spacial score (nSPS) is 10.4. The average molecular weight is 349 g/mol. The molecular weight excluding hydrogens is 340 g/mol. The van der Waals surface area contributed by atoms with Crippen molar-refractivity contribution in [3.63, 3.8) is 0 Å². The summed E-state index contributed by atoms with van der Waals surface area (Å²) in [6.45, 7) is 0. The van der Waals surface area contributed by atoms with Crippen LogP contribution in [0.1, 0.15) is 5.56 Å². The van der Waals surface area contributed by atoms with E-state index in [2.05, 4.69) is 5.32 Å². The van der Waals surface area contributed by atoms with Gasteiger partial charge in [0.15, 0.2) is 0 Å². The molecule has 2 aromatic rings. The number of rotatable bonds is 3. The molecule has 2 rings (SSSR count). The van der Waals surface area contributed by atoms with E-state index in [1.165, 1.54) is 0 Å². The van der Waals surface area contributed by atoms with Crippen LogP contribution in [-0.2, 0) is 11.2 Å². The molecule has 0 heterocycles. The largest absolute Gasteiger partial charge is 0.324 e. The Labute approximate surface area is 136 Å². The summed E-state index contributed by atoms with van der Waals surface area (Å²) < 4.78 is 0. The Morgan fingerprint density at radius 2 is 1.60 bits per heavy atom. The van der Waals surface area contributed by atoms with E-state index in [0.29, 0.717) is 31.3 Å². The van der Waals surface area contributed by atoms with Gasteiger partial charge in [-0.25, -0.2) is 0 Å². The molecule has 0 spiro atoms. The lowest BCUT2D eigenvalue weighted by molar-refractivity contribution is -0.115. The molecular formula is C14H9Cl4NO. The van der Waals surface area contributed by atoms with Crippen molar-refractivity contribution in [3.8, 4) is 0 Å². The summed E-state index contributed by atoms with van der Waals surface area (Å²) in [7, 11) is 0. The summed E-state index contributed by atoms with van der Waals surface area (Å²) >= 11 is 23.8. The highest BCUT2D eigenvalue weighted by atomic mass is 35.5. The quantitative estimate of drug-likeness (QED) is 0.781. The molecule has 0 fully saturated rings. The van der Waals surface area contributed by atoms with Crippen LogP contribution in [0.25, 0.3) is 0 Å². The Bertz CT molecular complexity index is 637. The minimum atomic E-state index is -0.260. The van der Waals surface area contributed by atoms with Crippen LogP contribution in [-0.4, -0.2) is 5.91 Å². The van der Waals surface area contributed by atoms with Gasteiger partial charge in [-0.05, 0) is 35.9 Å². The number of halogens is 4. The van der Waals surface area contributed by atoms with E-state index in [1.807, 2.05) is 0 Å². The monoisotopic (exact) mass is 347 g/mol. The van der Waals surface area contributed by atoms with Gasteiger partial charge in [-0.1, -0.05) is 52.5 Å². The minimum absolute atomic E-state index is 0.0669. The molecule has 20 heavy (non-hydrogen) atoms. The number of carbonyl (C=O) groups excluding carboxylic acids is 1. The van der Waals surface area contributed by atoms with Crippen molar-refractivity contribution in [2.24, 2.45) is 0 Å². The number of amides is 1. The van der Waals surface area contributed by atoms with Gasteiger partial charge in [0, 0.05) is 15.1 Å². The summed E-state index contributed by atoms with van der Waals surface area (Å²) in [5.41, 5.74) is 1.07. The predicted octanol–water partition coefficient (Wildman–Crippen LogP) is 5.48. The Kier molecular flexibility index (Phi) is 5.17. The number of hydrogen-bond acceptors (Lipinski definition) is 1. The highest BCUT2D eigenvalue weighted by Gasteiger charge is 2.12. The van der Waals surface area contributed by atoms with E-state index in [4.69, 9.17) is 46.4 Å². The molecule has 0 aliphatic carbocycles. The van der Waals surface area contributed by atoms with Crippen molar-refractivity contribution in [1.29, 1.82) is 0 Å².